The van der Waals surface area contributed by atoms with Crippen LogP contribution in [0, 0.1) is 17.6 Å². The van der Waals surface area contributed by atoms with Gasteiger partial charge in [-0.2, -0.15) is 0 Å². The van der Waals surface area contributed by atoms with Crippen molar-refractivity contribution in [2.24, 2.45) is 5.92 Å². The van der Waals surface area contributed by atoms with E-state index in [1.807, 2.05) is 12.1 Å². The summed E-state index contributed by atoms with van der Waals surface area (Å²) in [6.07, 6.45) is 2.78. The van der Waals surface area contributed by atoms with Crippen LogP contribution in [0.1, 0.15) is 18.4 Å². The van der Waals surface area contributed by atoms with Gasteiger partial charge in [0.15, 0.2) is 11.6 Å². The minimum Gasteiger partial charge on any atom is -0.399 e. The molecule has 0 bridgehead atoms. The second-order valence-electron chi connectivity index (χ2n) is 6.09. The van der Waals surface area contributed by atoms with Crippen molar-refractivity contribution in [1.29, 1.82) is 0 Å². The van der Waals surface area contributed by atoms with E-state index < -0.39 is 11.6 Å². The molecule has 0 atom stereocenters. The Kier molecular flexibility index (Phi) is 4.71. The standard InChI is InChI=1S/C18H19ClF2N2/c19-15-11-14(22)2-4-18(15)23-7-5-12(6-8-23)9-13-1-3-16(20)17(21)10-13/h1-4,10-12H,5-9,22H2. The Labute approximate surface area is 139 Å². The molecular formula is C18H19ClF2N2. The molecule has 0 amide bonds. The van der Waals surface area contributed by atoms with Gasteiger partial charge in [-0.1, -0.05) is 17.7 Å². The number of hydrogen-bond acceptors (Lipinski definition) is 2. The molecule has 2 N–H and O–H groups in total. The number of nitrogens with zero attached hydrogens (tertiary/aromatic N) is 1. The fraction of sp³-hybridized carbons (Fsp3) is 0.333. The summed E-state index contributed by atoms with van der Waals surface area (Å²) in [5.74, 6) is -1.08. The van der Waals surface area contributed by atoms with Crippen LogP contribution in [0.3, 0.4) is 0 Å². The zero-order chi connectivity index (χ0) is 16.4. The fourth-order valence-corrected chi connectivity index (χ4v) is 3.47. The minimum absolute atomic E-state index is 0.476. The largest absolute Gasteiger partial charge is 0.399 e. The van der Waals surface area contributed by atoms with E-state index in [2.05, 4.69) is 4.90 Å². The molecule has 1 saturated heterocycles. The predicted molar refractivity (Wildman–Crippen MR) is 90.9 cm³/mol. The summed E-state index contributed by atoms with van der Waals surface area (Å²) < 4.78 is 26.3. The quantitative estimate of drug-likeness (QED) is 0.826. The number of nitrogens with two attached hydrogens (primary N) is 1. The molecule has 3 rings (SSSR count). The number of benzene rings is 2. The van der Waals surface area contributed by atoms with Gasteiger partial charge in [0.2, 0.25) is 0 Å². The second kappa shape index (κ2) is 6.75. The maximum atomic E-state index is 13.3. The van der Waals surface area contributed by atoms with Gasteiger partial charge in [-0.15, -0.1) is 0 Å². The molecule has 122 valence electrons. The van der Waals surface area contributed by atoms with Gasteiger partial charge >= 0.3 is 0 Å². The van der Waals surface area contributed by atoms with Gasteiger partial charge < -0.3 is 10.6 Å². The van der Waals surface area contributed by atoms with Crippen LogP contribution in [0.2, 0.25) is 5.02 Å². The minimum atomic E-state index is -0.790. The van der Waals surface area contributed by atoms with Crippen LogP contribution in [0.5, 0.6) is 0 Å². The smallest absolute Gasteiger partial charge is 0.159 e. The number of halogens is 3. The Morgan fingerprint density at radius 3 is 2.43 bits per heavy atom. The second-order valence-corrected chi connectivity index (χ2v) is 6.50. The highest BCUT2D eigenvalue weighted by atomic mass is 35.5. The first-order chi connectivity index (χ1) is 11.0. The van der Waals surface area contributed by atoms with E-state index in [0.717, 1.165) is 43.6 Å². The molecule has 1 aliphatic heterocycles. The molecule has 0 radical (unpaired) electrons. The van der Waals surface area contributed by atoms with E-state index in [9.17, 15) is 8.78 Å². The number of hydrogen-bond donors (Lipinski definition) is 1. The van der Waals surface area contributed by atoms with Gasteiger partial charge in [-0.05, 0) is 61.1 Å². The normalized spacial score (nSPS) is 15.9. The lowest BCUT2D eigenvalue weighted by Gasteiger charge is -2.34. The molecule has 23 heavy (non-hydrogen) atoms. The zero-order valence-corrected chi connectivity index (χ0v) is 13.5. The summed E-state index contributed by atoms with van der Waals surface area (Å²) in [5.41, 5.74) is 8.25. The summed E-state index contributed by atoms with van der Waals surface area (Å²) in [5, 5.41) is 0.670. The highest BCUT2D eigenvalue weighted by Crippen LogP contribution is 2.32. The molecule has 1 aliphatic rings. The van der Waals surface area contributed by atoms with E-state index in [1.165, 1.54) is 12.1 Å². The van der Waals surface area contributed by atoms with Crippen LogP contribution in [0.15, 0.2) is 36.4 Å². The average molecular weight is 337 g/mol. The van der Waals surface area contributed by atoms with Crippen LogP contribution in [0.4, 0.5) is 20.2 Å². The highest BCUT2D eigenvalue weighted by Gasteiger charge is 2.21. The van der Waals surface area contributed by atoms with Crippen molar-refractivity contribution in [2.45, 2.75) is 19.3 Å². The zero-order valence-electron chi connectivity index (χ0n) is 12.7. The highest BCUT2D eigenvalue weighted by molar-refractivity contribution is 6.33. The Balaban J connectivity index is 1.60. The first kappa shape index (κ1) is 16.1. The molecule has 1 heterocycles. The fourth-order valence-electron chi connectivity index (χ4n) is 3.16. The van der Waals surface area contributed by atoms with Gasteiger partial charge in [0.1, 0.15) is 0 Å². The number of nitrogen functional groups attached to an aromatic ring is 1. The van der Waals surface area contributed by atoms with Crippen molar-refractivity contribution < 1.29 is 8.78 Å². The Hall–Kier alpha value is -1.81. The van der Waals surface area contributed by atoms with Crippen molar-refractivity contribution in [3.8, 4) is 0 Å². The predicted octanol–water partition coefficient (Wildman–Crippen LogP) is 4.66. The third-order valence-corrected chi connectivity index (χ3v) is 4.74. The summed E-state index contributed by atoms with van der Waals surface area (Å²) >= 11 is 6.26. The topological polar surface area (TPSA) is 29.3 Å². The molecule has 2 nitrogen and oxygen atoms in total. The van der Waals surface area contributed by atoms with E-state index >= 15 is 0 Å². The summed E-state index contributed by atoms with van der Waals surface area (Å²) in [4.78, 5) is 2.25. The lowest BCUT2D eigenvalue weighted by Crippen LogP contribution is -2.34. The van der Waals surface area contributed by atoms with Gasteiger partial charge in [0, 0.05) is 18.8 Å². The third-order valence-electron chi connectivity index (χ3n) is 4.44. The lowest BCUT2D eigenvalue weighted by atomic mass is 9.90. The molecule has 2 aromatic rings. The van der Waals surface area contributed by atoms with Crippen LogP contribution >= 0.6 is 11.6 Å². The van der Waals surface area contributed by atoms with Crippen LogP contribution in [0.25, 0.3) is 0 Å². The van der Waals surface area contributed by atoms with Gasteiger partial charge in [0.25, 0.3) is 0 Å². The summed E-state index contributed by atoms with van der Waals surface area (Å²) in [6, 6.07) is 9.75. The van der Waals surface area contributed by atoms with Crippen LogP contribution in [-0.4, -0.2) is 13.1 Å². The molecule has 1 fully saturated rings. The van der Waals surface area contributed by atoms with Crippen molar-refractivity contribution in [3.05, 3.63) is 58.6 Å². The monoisotopic (exact) mass is 336 g/mol. The molecule has 0 unspecified atom stereocenters. The Morgan fingerprint density at radius 1 is 1.04 bits per heavy atom. The molecular weight excluding hydrogens is 318 g/mol. The van der Waals surface area contributed by atoms with Crippen molar-refractivity contribution in [2.75, 3.05) is 23.7 Å². The van der Waals surface area contributed by atoms with E-state index in [1.54, 1.807) is 12.1 Å². The Morgan fingerprint density at radius 2 is 1.78 bits per heavy atom. The average Bonchev–Trinajstić information content (AvgIpc) is 2.52. The van der Waals surface area contributed by atoms with Crippen molar-refractivity contribution >= 4 is 23.0 Å². The summed E-state index contributed by atoms with van der Waals surface area (Å²) in [7, 11) is 0. The molecule has 0 spiro atoms. The van der Waals surface area contributed by atoms with Crippen molar-refractivity contribution in [1.82, 2.24) is 0 Å². The van der Waals surface area contributed by atoms with E-state index in [4.69, 9.17) is 17.3 Å². The maximum Gasteiger partial charge on any atom is 0.159 e. The SMILES string of the molecule is Nc1ccc(N2CCC(Cc3ccc(F)c(F)c3)CC2)c(Cl)c1. The first-order valence-corrected chi connectivity index (χ1v) is 8.14. The third kappa shape index (κ3) is 3.75. The lowest BCUT2D eigenvalue weighted by molar-refractivity contribution is 0.402. The number of rotatable bonds is 3. The molecule has 2 aromatic carbocycles. The summed E-state index contributed by atoms with van der Waals surface area (Å²) in [6.45, 7) is 1.80. The van der Waals surface area contributed by atoms with Gasteiger partial charge in [-0.25, -0.2) is 8.78 Å². The molecule has 5 heteroatoms. The van der Waals surface area contributed by atoms with Crippen molar-refractivity contribution in [3.63, 3.8) is 0 Å². The van der Waals surface area contributed by atoms with Gasteiger partial charge in [0.05, 0.1) is 10.7 Å². The first-order valence-electron chi connectivity index (χ1n) is 7.77. The Bertz CT molecular complexity index is 697. The number of piperidine rings is 1. The van der Waals surface area contributed by atoms with Crippen LogP contribution < -0.4 is 10.6 Å². The van der Waals surface area contributed by atoms with Gasteiger partial charge in [-0.3, -0.25) is 0 Å². The maximum absolute atomic E-state index is 13.3. The molecule has 0 aromatic heterocycles. The molecule has 0 aliphatic carbocycles. The number of anilines is 2. The molecule has 0 saturated carbocycles. The van der Waals surface area contributed by atoms with Crippen LogP contribution in [-0.2, 0) is 6.42 Å². The van der Waals surface area contributed by atoms with E-state index in [0.29, 0.717) is 16.6 Å². The van der Waals surface area contributed by atoms with E-state index in [-0.39, 0.29) is 0 Å².